The number of rotatable bonds is 3. The average Bonchev–Trinajstić information content (AvgIpc) is 3.17. The van der Waals surface area contributed by atoms with E-state index in [4.69, 9.17) is 5.73 Å². The van der Waals surface area contributed by atoms with Crippen molar-refractivity contribution in [2.24, 2.45) is 0 Å². The van der Waals surface area contributed by atoms with Gasteiger partial charge in [-0.1, -0.05) is 12.1 Å². The fraction of sp³-hybridized carbons (Fsp3) is 0.190. The molecule has 0 aliphatic carbocycles. The predicted octanol–water partition coefficient (Wildman–Crippen LogP) is 3.98. The molecule has 4 rings (SSSR count). The van der Waals surface area contributed by atoms with E-state index in [1.165, 1.54) is 36.4 Å². The first kappa shape index (κ1) is 18.0. The lowest BCUT2D eigenvalue weighted by Crippen LogP contribution is -2.31. The number of hydrogen-bond acceptors (Lipinski definition) is 4. The number of nitrogens with two attached hydrogens (primary N) is 1. The van der Waals surface area contributed by atoms with E-state index in [1.807, 2.05) is 0 Å². The first-order chi connectivity index (χ1) is 13.5. The molecule has 1 aliphatic rings. The number of halogens is 2. The van der Waals surface area contributed by atoms with E-state index < -0.39 is 5.82 Å². The van der Waals surface area contributed by atoms with Crippen molar-refractivity contribution in [3.63, 3.8) is 0 Å². The smallest absolute Gasteiger partial charge is 0.254 e. The molecule has 28 heavy (non-hydrogen) atoms. The Morgan fingerprint density at radius 2 is 1.89 bits per heavy atom. The zero-order chi connectivity index (χ0) is 19.7. The minimum atomic E-state index is -0.397. The molecule has 7 heteroatoms. The number of nitrogen functional groups attached to an aromatic ring is 1. The Balaban J connectivity index is 1.74. The van der Waals surface area contributed by atoms with E-state index in [0.717, 1.165) is 6.42 Å². The number of carbonyl (C=O) groups excluding carboxylic acids is 1. The van der Waals surface area contributed by atoms with Crippen LogP contribution < -0.4 is 5.73 Å². The largest absolute Gasteiger partial charge is 0.368 e. The van der Waals surface area contributed by atoms with Gasteiger partial charge in [0.05, 0.1) is 11.7 Å². The fourth-order valence-corrected chi connectivity index (χ4v) is 3.59. The minimum Gasteiger partial charge on any atom is -0.368 e. The lowest BCUT2D eigenvalue weighted by atomic mass is 9.99. The molecule has 0 saturated carbocycles. The van der Waals surface area contributed by atoms with Crippen LogP contribution in [0.15, 0.2) is 54.7 Å². The van der Waals surface area contributed by atoms with Gasteiger partial charge in [0, 0.05) is 23.9 Å². The first-order valence-electron chi connectivity index (χ1n) is 8.98. The van der Waals surface area contributed by atoms with Crippen LogP contribution in [0.1, 0.15) is 34.9 Å². The summed E-state index contributed by atoms with van der Waals surface area (Å²) in [7, 11) is 0. The highest BCUT2D eigenvalue weighted by Crippen LogP contribution is 2.37. The molecule has 1 atom stereocenters. The molecule has 0 spiro atoms. The van der Waals surface area contributed by atoms with Crippen molar-refractivity contribution in [3.8, 4) is 11.1 Å². The van der Waals surface area contributed by atoms with Crippen molar-refractivity contribution < 1.29 is 13.6 Å². The summed E-state index contributed by atoms with van der Waals surface area (Å²) < 4.78 is 26.9. The topological polar surface area (TPSA) is 72.1 Å². The van der Waals surface area contributed by atoms with Gasteiger partial charge in [-0.05, 0) is 54.8 Å². The summed E-state index contributed by atoms with van der Waals surface area (Å²) in [6, 6.07) is 11.3. The standard InChI is InChI=1S/C21H18F2N4O/c22-15-8-6-13(7-9-15)20(28)27-10-2-5-18(27)19-17(12-25-21(24)26-19)14-3-1-4-16(23)11-14/h1,3-4,6-9,11-12,18H,2,5,10H2,(H2,24,25,26)/t18-/m0/s1. The summed E-state index contributed by atoms with van der Waals surface area (Å²) in [6.45, 7) is 0.549. The van der Waals surface area contributed by atoms with Gasteiger partial charge in [0.1, 0.15) is 11.6 Å². The quantitative estimate of drug-likeness (QED) is 0.746. The summed E-state index contributed by atoms with van der Waals surface area (Å²) in [6.07, 6.45) is 3.06. The van der Waals surface area contributed by atoms with Crippen LogP contribution in [-0.2, 0) is 0 Å². The van der Waals surface area contributed by atoms with Crippen molar-refractivity contribution >= 4 is 11.9 Å². The third-order valence-electron chi connectivity index (χ3n) is 4.89. The Morgan fingerprint density at radius 1 is 1.11 bits per heavy atom. The number of aromatic nitrogens is 2. The molecular formula is C21H18F2N4O. The van der Waals surface area contributed by atoms with Crippen LogP contribution in [0, 0.1) is 11.6 Å². The molecule has 2 aromatic carbocycles. The highest BCUT2D eigenvalue weighted by atomic mass is 19.1. The monoisotopic (exact) mass is 380 g/mol. The average molecular weight is 380 g/mol. The number of amides is 1. The maximum absolute atomic E-state index is 13.7. The fourth-order valence-electron chi connectivity index (χ4n) is 3.59. The second-order valence-corrected chi connectivity index (χ2v) is 6.70. The molecule has 1 saturated heterocycles. The number of hydrogen-bond donors (Lipinski definition) is 1. The van der Waals surface area contributed by atoms with E-state index in [0.29, 0.717) is 35.3 Å². The maximum atomic E-state index is 13.7. The van der Waals surface area contributed by atoms with Crippen LogP contribution in [0.2, 0.25) is 0 Å². The zero-order valence-electron chi connectivity index (χ0n) is 15.0. The molecule has 0 radical (unpaired) electrons. The molecule has 2 heterocycles. The van der Waals surface area contributed by atoms with Crippen LogP contribution in [0.4, 0.5) is 14.7 Å². The predicted molar refractivity (Wildman–Crippen MR) is 101 cm³/mol. The van der Waals surface area contributed by atoms with Gasteiger partial charge in [0.15, 0.2) is 0 Å². The normalized spacial score (nSPS) is 16.4. The second kappa shape index (κ2) is 7.34. The molecule has 3 aromatic rings. The molecule has 1 fully saturated rings. The van der Waals surface area contributed by atoms with Crippen LogP contribution >= 0.6 is 0 Å². The van der Waals surface area contributed by atoms with Gasteiger partial charge < -0.3 is 10.6 Å². The Labute approximate surface area is 160 Å². The molecule has 2 N–H and O–H groups in total. The molecule has 142 valence electrons. The zero-order valence-corrected chi connectivity index (χ0v) is 15.0. The summed E-state index contributed by atoms with van der Waals surface area (Å²) in [5.74, 6) is -0.876. The Kier molecular flexibility index (Phi) is 4.73. The lowest BCUT2D eigenvalue weighted by Gasteiger charge is -2.26. The third-order valence-corrected chi connectivity index (χ3v) is 4.89. The number of anilines is 1. The molecule has 0 bridgehead atoms. The number of carbonyl (C=O) groups is 1. The van der Waals surface area contributed by atoms with Gasteiger partial charge in [0.25, 0.3) is 5.91 Å². The van der Waals surface area contributed by atoms with Crippen molar-refractivity contribution in [2.75, 3.05) is 12.3 Å². The van der Waals surface area contributed by atoms with E-state index >= 15 is 0 Å². The summed E-state index contributed by atoms with van der Waals surface area (Å²) in [5, 5.41) is 0. The van der Waals surface area contributed by atoms with Crippen molar-refractivity contribution in [2.45, 2.75) is 18.9 Å². The van der Waals surface area contributed by atoms with Crippen LogP contribution in [-0.4, -0.2) is 27.3 Å². The molecule has 0 unspecified atom stereocenters. The van der Waals surface area contributed by atoms with Crippen LogP contribution in [0.25, 0.3) is 11.1 Å². The number of likely N-dealkylation sites (tertiary alicyclic amines) is 1. The van der Waals surface area contributed by atoms with Crippen molar-refractivity contribution in [1.29, 1.82) is 0 Å². The number of benzene rings is 2. The molecular weight excluding hydrogens is 362 g/mol. The summed E-state index contributed by atoms with van der Waals surface area (Å²) in [4.78, 5) is 23.1. The lowest BCUT2D eigenvalue weighted by molar-refractivity contribution is 0.0733. The van der Waals surface area contributed by atoms with Crippen LogP contribution in [0.5, 0.6) is 0 Å². The molecule has 5 nitrogen and oxygen atoms in total. The second-order valence-electron chi connectivity index (χ2n) is 6.70. The van der Waals surface area contributed by atoms with Gasteiger partial charge in [-0.25, -0.2) is 18.7 Å². The van der Waals surface area contributed by atoms with Gasteiger partial charge in [-0.15, -0.1) is 0 Å². The maximum Gasteiger partial charge on any atom is 0.254 e. The van der Waals surface area contributed by atoms with Crippen LogP contribution in [0.3, 0.4) is 0 Å². The van der Waals surface area contributed by atoms with E-state index in [-0.39, 0.29) is 23.7 Å². The third kappa shape index (κ3) is 3.43. The molecule has 1 aromatic heterocycles. The van der Waals surface area contributed by atoms with E-state index in [2.05, 4.69) is 9.97 Å². The SMILES string of the molecule is Nc1ncc(-c2cccc(F)c2)c([C@@H]2CCCN2C(=O)c2ccc(F)cc2)n1. The molecule has 1 aliphatic heterocycles. The Hall–Kier alpha value is -3.35. The highest BCUT2D eigenvalue weighted by Gasteiger charge is 2.33. The summed E-state index contributed by atoms with van der Waals surface area (Å²) in [5.41, 5.74) is 8.06. The van der Waals surface area contributed by atoms with Gasteiger partial charge >= 0.3 is 0 Å². The van der Waals surface area contributed by atoms with Gasteiger partial charge in [-0.2, -0.15) is 0 Å². The highest BCUT2D eigenvalue weighted by molar-refractivity contribution is 5.94. The Morgan fingerprint density at radius 3 is 2.64 bits per heavy atom. The molecule has 1 amide bonds. The van der Waals surface area contributed by atoms with Crippen molar-refractivity contribution in [1.82, 2.24) is 14.9 Å². The van der Waals surface area contributed by atoms with Gasteiger partial charge in [0.2, 0.25) is 5.95 Å². The van der Waals surface area contributed by atoms with E-state index in [1.54, 1.807) is 23.2 Å². The van der Waals surface area contributed by atoms with Gasteiger partial charge in [-0.3, -0.25) is 4.79 Å². The number of nitrogens with zero attached hydrogens (tertiary/aromatic N) is 3. The minimum absolute atomic E-state index is 0.0937. The van der Waals surface area contributed by atoms with E-state index in [9.17, 15) is 13.6 Å². The van der Waals surface area contributed by atoms with Crippen molar-refractivity contribution in [3.05, 3.63) is 77.6 Å². The summed E-state index contributed by atoms with van der Waals surface area (Å²) >= 11 is 0. The Bertz CT molecular complexity index is 1020. The first-order valence-corrected chi connectivity index (χ1v) is 8.98.